The van der Waals surface area contributed by atoms with E-state index in [0.29, 0.717) is 35.9 Å². The van der Waals surface area contributed by atoms with Gasteiger partial charge in [0.2, 0.25) is 5.91 Å². The summed E-state index contributed by atoms with van der Waals surface area (Å²) < 4.78 is 5.38. The zero-order valence-corrected chi connectivity index (χ0v) is 16.4. The maximum Gasteiger partial charge on any atom is 0.342 e. The first-order valence-corrected chi connectivity index (χ1v) is 9.49. The van der Waals surface area contributed by atoms with Crippen LogP contribution in [0.1, 0.15) is 44.0 Å². The van der Waals surface area contributed by atoms with E-state index in [1.165, 1.54) is 6.20 Å². The molecule has 2 aromatic heterocycles. The highest BCUT2D eigenvalue weighted by Gasteiger charge is 2.30. The highest BCUT2D eigenvalue weighted by atomic mass is 16.5. The molecule has 0 aliphatic carbocycles. The van der Waals surface area contributed by atoms with Gasteiger partial charge in [-0.25, -0.2) is 9.78 Å². The Morgan fingerprint density at radius 1 is 1.50 bits per heavy atom. The summed E-state index contributed by atoms with van der Waals surface area (Å²) in [5.74, 6) is -0.307. The number of nitriles is 1. The van der Waals surface area contributed by atoms with Gasteiger partial charge in [-0.15, -0.1) is 0 Å². The Hall–Kier alpha value is -3.08. The molecule has 0 spiro atoms. The number of nitrogens with zero attached hydrogens (tertiary/aromatic N) is 3. The molecule has 2 aromatic rings. The number of hydrogen-bond acceptors (Lipinski definition) is 6. The van der Waals surface area contributed by atoms with Crippen LogP contribution in [0.2, 0.25) is 0 Å². The number of aromatic amines is 1. The molecule has 0 aromatic carbocycles. The predicted octanol–water partition coefficient (Wildman–Crippen LogP) is 2.69. The second-order valence-electron chi connectivity index (χ2n) is 7.43. The first-order valence-electron chi connectivity index (χ1n) is 9.49. The van der Waals surface area contributed by atoms with Gasteiger partial charge < -0.3 is 19.9 Å². The van der Waals surface area contributed by atoms with E-state index in [4.69, 9.17) is 10.00 Å². The number of rotatable bonds is 5. The number of nitrogens with one attached hydrogen (secondary N) is 2. The SMILES string of the molecule is CC(C)OC(=O)c1cnc2[nH]ccc2c1N[C@H]1CN(C(=O)CC#N)CC[C@H]1C. The topological polar surface area (TPSA) is 111 Å². The van der Waals surface area contributed by atoms with Crippen LogP contribution in [0.25, 0.3) is 11.0 Å². The lowest BCUT2D eigenvalue weighted by atomic mass is 9.92. The Kier molecular flexibility index (Phi) is 5.83. The number of piperidine rings is 1. The van der Waals surface area contributed by atoms with Crippen LogP contribution in [0.15, 0.2) is 18.5 Å². The smallest absolute Gasteiger partial charge is 0.342 e. The van der Waals surface area contributed by atoms with E-state index in [2.05, 4.69) is 22.2 Å². The average molecular weight is 383 g/mol. The number of amides is 1. The summed E-state index contributed by atoms with van der Waals surface area (Å²) in [7, 11) is 0. The average Bonchev–Trinajstić information content (AvgIpc) is 3.12. The summed E-state index contributed by atoms with van der Waals surface area (Å²) in [4.78, 5) is 33.8. The fourth-order valence-corrected chi connectivity index (χ4v) is 3.44. The van der Waals surface area contributed by atoms with Crippen molar-refractivity contribution >= 4 is 28.6 Å². The Morgan fingerprint density at radius 3 is 3.00 bits per heavy atom. The first kappa shape index (κ1) is 19.7. The van der Waals surface area contributed by atoms with E-state index >= 15 is 0 Å². The zero-order chi connectivity index (χ0) is 20.3. The highest BCUT2D eigenvalue weighted by molar-refractivity contribution is 6.04. The molecule has 8 heteroatoms. The minimum absolute atomic E-state index is 0.0532. The lowest BCUT2D eigenvalue weighted by Crippen LogP contribution is -2.49. The number of anilines is 1. The molecule has 8 nitrogen and oxygen atoms in total. The van der Waals surface area contributed by atoms with Crippen molar-refractivity contribution in [2.45, 2.75) is 45.8 Å². The second kappa shape index (κ2) is 8.30. The molecule has 0 unspecified atom stereocenters. The molecule has 3 rings (SSSR count). The van der Waals surface area contributed by atoms with Crippen LogP contribution in [-0.4, -0.2) is 52.0 Å². The largest absolute Gasteiger partial charge is 0.459 e. The Labute approximate surface area is 163 Å². The van der Waals surface area contributed by atoms with Gasteiger partial charge in [-0.05, 0) is 32.3 Å². The Bertz CT molecular complexity index is 914. The number of hydrogen-bond donors (Lipinski definition) is 2. The molecule has 148 valence electrons. The quantitative estimate of drug-likeness (QED) is 0.768. The molecule has 3 heterocycles. The molecule has 1 fully saturated rings. The summed E-state index contributed by atoms with van der Waals surface area (Å²) in [6.45, 7) is 6.84. The normalized spacial score (nSPS) is 19.5. The van der Waals surface area contributed by atoms with E-state index < -0.39 is 5.97 Å². The van der Waals surface area contributed by atoms with E-state index in [1.54, 1.807) is 24.9 Å². The van der Waals surface area contributed by atoms with E-state index in [-0.39, 0.29) is 24.5 Å². The van der Waals surface area contributed by atoms with Crippen LogP contribution in [0, 0.1) is 17.2 Å². The second-order valence-corrected chi connectivity index (χ2v) is 7.43. The molecule has 1 saturated heterocycles. The number of carbonyl (C=O) groups excluding carboxylic acids is 2. The van der Waals surface area contributed by atoms with E-state index in [1.807, 2.05) is 12.1 Å². The Balaban J connectivity index is 1.91. The Morgan fingerprint density at radius 2 is 2.29 bits per heavy atom. The van der Waals surface area contributed by atoms with Gasteiger partial charge in [0, 0.05) is 36.9 Å². The molecule has 1 aliphatic heterocycles. The van der Waals surface area contributed by atoms with Gasteiger partial charge in [0.1, 0.15) is 17.6 Å². The number of likely N-dealkylation sites (tertiary alicyclic amines) is 1. The maximum atomic E-state index is 12.6. The minimum atomic E-state index is -0.436. The standard InChI is InChI=1S/C20H25N5O3/c1-12(2)28-20(27)15-10-23-19-14(5-8-22-19)18(15)24-16-11-25(9-6-13(16)3)17(26)4-7-21/h5,8,10,12-13,16H,4,6,9,11H2,1-3H3,(H2,22,23,24)/t13-,16+/m1/s1. The lowest BCUT2D eigenvalue weighted by Gasteiger charge is -2.38. The molecular formula is C20H25N5O3. The predicted molar refractivity (Wildman–Crippen MR) is 105 cm³/mol. The van der Waals surface area contributed by atoms with Crippen molar-refractivity contribution in [1.82, 2.24) is 14.9 Å². The fraction of sp³-hybridized carbons (Fsp3) is 0.500. The van der Waals surface area contributed by atoms with Crippen LogP contribution < -0.4 is 5.32 Å². The van der Waals surface area contributed by atoms with Crippen LogP contribution in [0.5, 0.6) is 0 Å². The van der Waals surface area contributed by atoms with E-state index in [9.17, 15) is 9.59 Å². The van der Waals surface area contributed by atoms with Crippen LogP contribution in [-0.2, 0) is 9.53 Å². The van der Waals surface area contributed by atoms with Gasteiger partial charge in [0.05, 0.1) is 17.9 Å². The van der Waals surface area contributed by atoms with Crippen molar-refractivity contribution in [2.24, 2.45) is 5.92 Å². The molecule has 0 radical (unpaired) electrons. The van der Waals surface area contributed by atoms with Crippen molar-refractivity contribution in [3.8, 4) is 6.07 Å². The molecule has 2 N–H and O–H groups in total. The third-order valence-electron chi connectivity index (χ3n) is 5.02. The molecule has 1 amide bonds. The zero-order valence-electron chi connectivity index (χ0n) is 16.4. The van der Waals surface area contributed by atoms with Gasteiger partial charge in [0.15, 0.2) is 0 Å². The van der Waals surface area contributed by atoms with Crippen LogP contribution >= 0.6 is 0 Å². The highest BCUT2D eigenvalue weighted by Crippen LogP contribution is 2.30. The third-order valence-corrected chi connectivity index (χ3v) is 5.02. The fourth-order valence-electron chi connectivity index (χ4n) is 3.44. The lowest BCUT2D eigenvalue weighted by molar-refractivity contribution is -0.131. The van der Waals surface area contributed by atoms with Gasteiger partial charge in [-0.3, -0.25) is 4.79 Å². The maximum absolute atomic E-state index is 12.6. The number of H-pyrrole nitrogens is 1. The molecule has 2 atom stereocenters. The minimum Gasteiger partial charge on any atom is -0.459 e. The van der Waals surface area contributed by atoms with Crippen molar-refractivity contribution in [3.05, 3.63) is 24.0 Å². The molecule has 28 heavy (non-hydrogen) atoms. The first-order chi connectivity index (χ1) is 13.4. The summed E-state index contributed by atoms with van der Waals surface area (Å²) in [5, 5.41) is 13.1. The molecule has 1 aliphatic rings. The molecule has 0 saturated carbocycles. The van der Waals surface area contributed by atoms with Crippen LogP contribution in [0.3, 0.4) is 0 Å². The summed E-state index contributed by atoms with van der Waals surface area (Å²) in [5.41, 5.74) is 1.70. The summed E-state index contributed by atoms with van der Waals surface area (Å²) in [6.07, 6.45) is 3.74. The van der Waals surface area contributed by atoms with Gasteiger partial charge in [-0.1, -0.05) is 6.92 Å². The number of pyridine rings is 1. The number of ether oxygens (including phenoxy) is 1. The number of esters is 1. The van der Waals surface area contributed by atoms with Gasteiger partial charge in [-0.2, -0.15) is 5.26 Å². The van der Waals surface area contributed by atoms with Crippen LogP contribution in [0.4, 0.5) is 5.69 Å². The summed E-state index contributed by atoms with van der Waals surface area (Å²) >= 11 is 0. The van der Waals surface area contributed by atoms with Gasteiger partial charge in [0.25, 0.3) is 0 Å². The van der Waals surface area contributed by atoms with Crippen molar-refractivity contribution in [3.63, 3.8) is 0 Å². The van der Waals surface area contributed by atoms with Crippen molar-refractivity contribution in [2.75, 3.05) is 18.4 Å². The number of fused-ring (bicyclic) bond motifs is 1. The third kappa shape index (κ3) is 4.09. The van der Waals surface area contributed by atoms with E-state index in [0.717, 1.165) is 11.8 Å². The molecular weight excluding hydrogens is 358 g/mol. The number of aromatic nitrogens is 2. The number of carbonyl (C=O) groups is 2. The summed E-state index contributed by atoms with van der Waals surface area (Å²) in [6, 6.07) is 3.73. The van der Waals surface area contributed by atoms with Gasteiger partial charge >= 0.3 is 5.97 Å². The monoisotopic (exact) mass is 383 g/mol. The van der Waals surface area contributed by atoms with Crippen molar-refractivity contribution in [1.29, 1.82) is 5.26 Å². The van der Waals surface area contributed by atoms with Crippen molar-refractivity contribution < 1.29 is 14.3 Å². The molecule has 0 bridgehead atoms.